The van der Waals surface area contributed by atoms with Gasteiger partial charge in [-0.05, 0) is 36.7 Å². The zero-order chi connectivity index (χ0) is 14.7. The van der Waals surface area contributed by atoms with Gasteiger partial charge >= 0.3 is 0 Å². The van der Waals surface area contributed by atoms with Crippen LogP contribution in [0.1, 0.15) is 5.56 Å². The highest BCUT2D eigenvalue weighted by Gasteiger charge is 2.11. The second kappa shape index (κ2) is 7.01. The van der Waals surface area contributed by atoms with Gasteiger partial charge in [-0.2, -0.15) is 0 Å². The van der Waals surface area contributed by atoms with Crippen molar-refractivity contribution in [3.63, 3.8) is 0 Å². The van der Waals surface area contributed by atoms with Gasteiger partial charge in [0.05, 0.1) is 15.1 Å². The van der Waals surface area contributed by atoms with E-state index in [1.54, 1.807) is 12.1 Å². The first kappa shape index (κ1) is 15.9. The molecule has 2 aromatic carbocycles. The van der Waals surface area contributed by atoms with E-state index in [0.717, 1.165) is 10.0 Å². The van der Waals surface area contributed by atoms with E-state index in [0.29, 0.717) is 39.5 Å². The van der Waals surface area contributed by atoms with E-state index in [9.17, 15) is 0 Å². The molecule has 0 aliphatic rings. The Bertz CT molecular complexity index is 634. The molecule has 0 radical (unpaired) electrons. The predicted molar refractivity (Wildman–Crippen MR) is 88.4 cm³/mol. The molecule has 0 spiro atoms. The van der Waals surface area contributed by atoms with Gasteiger partial charge < -0.3 is 10.5 Å². The first-order valence-electron chi connectivity index (χ1n) is 5.82. The molecule has 2 rings (SSSR count). The molecule has 2 N–H and O–H groups in total. The fourth-order valence-electron chi connectivity index (χ4n) is 1.69. The Kier molecular flexibility index (Phi) is 5.58. The molecular weight excluding hydrogens is 384 g/mol. The van der Waals surface area contributed by atoms with E-state index < -0.39 is 0 Å². The molecule has 0 bridgehead atoms. The SMILES string of the molecule is NCCc1ccc(Br)cc1Oc1cc(Cl)c(Cl)cc1Cl. The Morgan fingerprint density at radius 1 is 0.950 bits per heavy atom. The largest absolute Gasteiger partial charge is 0.455 e. The lowest BCUT2D eigenvalue weighted by molar-refractivity contribution is 0.476. The summed E-state index contributed by atoms with van der Waals surface area (Å²) in [6, 6.07) is 8.91. The van der Waals surface area contributed by atoms with E-state index >= 15 is 0 Å². The maximum Gasteiger partial charge on any atom is 0.147 e. The minimum atomic E-state index is 0.389. The zero-order valence-corrected chi connectivity index (χ0v) is 14.2. The quantitative estimate of drug-likeness (QED) is 0.674. The van der Waals surface area contributed by atoms with Crippen molar-refractivity contribution in [3.8, 4) is 11.5 Å². The monoisotopic (exact) mass is 393 g/mol. The first-order valence-corrected chi connectivity index (χ1v) is 7.75. The van der Waals surface area contributed by atoms with E-state index in [1.807, 2.05) is 18.2 Å². The number of halogens is 4. The minimum Gasteiger partial charge on any atom is -0.455 e. The third kappa shape index (κ3) is 3.80. The number of hydrogen-bond acceptors (Lipinski definition) is 2. The Morgan fingerprint density at radius 3 is 2.35 bits per heavy atom. The van der Waals surface area contributed by atoms with Crippen LogP contribution in [0.3, 0.4) is 0 Å². The Morgan fingerprint density at radius 2 is 1.65 bits per heavy atom. The van der Waals surface area contributed by atoms with Crippen molar-refractivity contribution in [2.75, 3.05) is 6.54 Å². The molecule has 0 aromatic heterocycles. The van der Waals surface area contributed by atoms with Crippen molar-refractivity contribution >= 4 is 50.7 Å². The van der Waals surface area contributed by atoms with Gasteiger partial charge in [0.2, 0.25) is 0 Å². The van der Waals surface area contributed by atoms with Crippen LogP contribution in [0.25, 0.3) is 0 Å². The van der Waals surface area contributed by atoms with Gasteiger partial charge in [0.25, 0.3) is 0 Å². The smallest absolute Gasteiger partial charge is 0.147 e. The van der Waals surface area contributed by atoms with Crippen molar-refractivity contribution < 1.29 is 4.74 Å². The van der Waals surface area contributed by atoms with Crippen LogP contribution in [0.15, 0.2) is 34.8 Å². The zero-order valence-electron chi connectivity index (χ0n) is 10.3. The van der Waals surface area contributed by atoms with Crippen LogP contribution in [0.4, 0.5) is 0 Å². The van der Waals surface area contributed by atoms with Crippen LogP contribution in [-0.4, -0.2) is 6.54 Å². The molecule has 6 heteroatoms. The third-order valence-corrected chi connectivity index (χ3v) is 4.15. The van der Waals surface area contributed by atoms with Crippen molar-refractivity contribution in [2.24, 2.45) is 5.73 Å². The first-order chi connectivity index (χ1) is 9.51. The van der Waals surface area contributed by atoms with Crippen LogP contribution in [0.5, 0.6) is 11.5 Å². The number of hydrogen-bond donors (Lipinski definition) is 1. The van der Waals surface area contributed by atoms with E-state index in [2.05, 4.69) is 15.9 Å². The molecule has 20 heavy (non-hydrogen) atoms. The van der Waals surface area contributed by atoms with Gasteiger partial charge in [-0.1, -0.05) is 56.8 Å². The number of benzene rings is 2. The summed E-state index contributed by atoms with van der Waals surface area (Å²) in [6.07, 6.45) is 0.710. The number of ether oxygens (including phenoxy) is 1. The van der Waals surface area contributed by atoms with E-state index in [1.165, 1.54) is 0 Å². The molecule has 0 unspecified atom stereocenters. The van der Waals surface area contributed by atoms with Crippen LogP contribution < -0.4 is 10.5 Å². The Balaban J connectivity index is 2.38. The number of nitrogens with two attached hydrogens (primary N) is 1. The topological polar surface area (TPSA) is 35.2 Å². The lowest BCUT2D eigenvalue weighted by Gasteiger charge is -2.13. The van der Waals surface area contributed by atoms with Crippen molar-refractivity contribution in [3.05, 3.63) is 55.4 Å². The Hall–Kier alpha value is -0.450. The van der Waals surface area contributed by atoms with Gasteiger partial charge in [0.15, 0.2) is 0 Å². The second-order valence-electron chi connectivity index (χ2n) is 4.09. The van der Waals surface area contributed by atoms with Crippen LogP contribution in [0, 0.1) is 0 Å². The average molecular weight is 396 g/mol. The fourth-order valence-corrected chi connectivity index (χ4v) is 2.60. The fraction of sp³-hybridized carbons (Fsp3) is 0.143. The standard InChI is InChI=1S/C14H11BrCl3NO/c15-9-2-1-8(3-4-19)13(5-9)20-14-7-11(17)10(16)6-12(14)18/h1-2,5-7H,3-4,19H2. The van der Waals surface area contributed by atoms with Gasteiger partial charge in [0.1, 0.15) is 11.5 Å². The summed E-state index contributed by atoms with van der Waals surface area (Å²) in [7, 11) is 0. The lowest BCUT2D eigenvalue weighted by Crippen LogP contribution is -2.04. The molecule has 0 aliphatic carbocycles. The summed E-state index contributed by atoms with van der Waals surface area (Å²) >= 11 is 21.4. The highest BCUT2D eigenvalue weighted by atomic mass is 79.9. The summed E-state index contributed by atoms with van der Waals surface area (Å²) in [5.74, 6) is 1.14. The van der Waals surface area contributed by atoms with Crippen molar-refractivity contribution in [1.29, 1.82) is 0 Å². The van der Waals surface area contributed by atoms with Crippen molar-refractivity contribution in [2.45, 2.75) is 6.42 Å². The molecule has 106 valence electrons. The Labute approximate surface area is 140 Å². The maximum atomic E-state index is 6.12. The highest BCUT2D eigenvalue weighted by molar-refractivity contribution is 9.10. The van der Waals surface area contributed by atoms with E-state index in [4.69, 9.17) is 45.3 Å². The molecule has 0 aliphatic heterocycles. The molecule has 0 heterocycles. The summed E-state index contributed by atoms with van der Waals surface area (Å²) in [5, 5.41) is 1.18. The van der Waals surface area contributed by atoms with Gasteiger partial charge in [-0.3, -0.25) is 0 Å². The normalized spacial score (nSPS) is 10.7. The van der Waals surface area contributed by atoms with Crippen molar-refractivity contribution in [1.82, 2.24) is 0 Å². The van der Waals surface area contributed by atoms with Crippen LogP contribution >= 0.6 is 50.7 Å². The molecule has 0 fully saturated rings. The predicted octanol–water partition coefficient (Wildman–Crippen LogP) is 5.70. The summed E-state index contributed by atoms with van der Waals surface area (Å²) in [4.78, 5) is 0. The molecule has 0 saturated carbocycles. The minimum absolute atomic E-state index is 0.389. The molecule has 0 saturated heterocycles. The van der Waals surface area contributed by atoms with E-state index in [-0.39, 0.29) is 0 Å². The third-order valence-electron chi connectivity index (χ3n) is 2.64. The molecule has 2 aromatic rings. The second-order valence-corrected chi connectivity index (χ2v) is 6.23. The molecule has 0 atom stereocenters. The molecule has 2 nitrogen and oxygen atoms in total. The van der Waals surface area contributed by atoms with Gasteiger partial charge in [-0.25, -0.2) is 0 Å². The molecular formula is C14H11BrCl3NO. The van der Waals surface area contributed by atoms with Gasteiger partial charge in [0, 0.05) is 10.5 Å². The van der Waals surface area contributed by atoms with Crippen LogP contribution in [-0.2, 0) is 6.42 Å². The van der Waals surface area contributed by atoms with Gasteiger partial charge in [-0.15, -0.1) is 0 Å². The maximum absolute atomic E-state index is 6.12. The summed E-state index contributed by atoms with van der Waals surface area (Å²) < 4.78 is 6.76. The number of rotatable bonds is 4. The van der Waals surface area contributed by atoms with Crippen LogP contribution in [0.2, 0.25) is 15.1 Å². The average Bonchev–Trinajstić information content (AvgIpc) is 2.39. The lowest BCUT2D eigenvalue weighted by atomic mass is 10.1. The summed E-state index contributed by atoms with van der Waals surface area (Å²) in [6.45, 7) is 0.535. The highest BCUT2D eigenvalue weighted by Crippen LogP contribution is 2.38. The summed E-state index contributed by atoms with van der Waals surface area (Å²) in [5.41, 5.74) is 6.60. The molecule has 0 amide bonds.